The first kappa shape index (κ1) is 14.3. The molecule has 1 atom stereocenters. The molecule has 2 aromatic rings. The van der Waals surface area contributed by atoms with Crippen LogP contribution in [0.5, 0.6) is 0 Å². The number of aromatic amines is 1. The molecule has 0 bridgehead atoms. The van der Waals surface area contributed by atoms with Gasteiger partial charge in [0.05, 0.1) is 6.04 Å². The van der Waals surface area contributed by atoms with Crippen molar-refractivity contribution in [2.45, 2.75) is 19.9 Å². The van der Waals surface area contributed by atoms with E-state index in [-0.39, 0.29) is 17.7 Å². The molecular weight excluding hydrogens is 276 g/mol. The maximum Gasteiger partial charge on any atom is 0.268 e. The van der Waals surface area contributed by atoms with Gasteiger partial charge in [0, 0.05) is 16.8 Å². The summed E-state index contributed by atoms with van der Waals surface area (Å²) in [5.41, 5.74) is 1.69. The van der Waals surface area contributed by atoms with E-state index >= 15 is 0 Å². The third-order valence-electron chi connectivity index (χ3n) is 3.05. The fourth-order valence-electron chi connectivity index (χ4n) is 1.91. The van der Waals surface area contributed by atoms with Crippen molar-refractivity contribution in [1.29, 1.82) is 0 Å². The molecule has 2 rings (SSSR count). The third-order valence-corrected chi connectivity index (χ3v) is 3.40. The second-order valence-corrected chi connectivity index (χ2v) is 4.98. The minimum absolute atomic E-state index is 0.0838. The number of halogens is 1. The van der Waals surface area contributed by atoms with E-state index in [0.717, 1.165) is 5.56 Å². The molecule has 1 aromatic carbocycles. The number of Topliss-reactive ketones (excluding diaryl/α,β-unsaturated/α-hetero) is 1. The number of carbonyl (C=O) groups is 2. The van der Waals surface area contributed by atoms with Crippen LogP contribution in [0.3, 0.4) is 0 Å². The van der Waals surface area contributed by atoms with Gasteiger partial charge in [-0.3, -0.25) is 9.59 Å². The third kappa shape index (κ3) is 3.08. The lowest BCUT2D eigenvalue weighted by Gasteiger charge is -2.15. The lowest BCUT2D eigenvalue weighted by molar-refractivity contribution is 0.0935. The fourth-order valence-corrected chi connectivity index (χ4v) is 2.21. The molecule has 5 heteroatoms. The van der Waals surface area contributed by atoms with Gasteiger partial charge in [-0.05, 0) is 31.5 Å². The zero-order valence-corrected chi connectivity index (χ0v) is 12.0. The highest BCUT2D eigenvalue weighted by molar-refractivity contribution is 6.31. The van der Waals surface area contributed by atoms with E-state index in [1.54, 1.807) is 6.07 Å². The van der Waals surface area contributed by atoms with Gasteiger partial charge in [0.15, 0.2) is 5.78 Å². The smallest absolute Gasteiger partial charge is 0.268 e. The summed E-state index contributed by atoms with van der Waals surface area (Å²) in [7, 11) is 0. The molecule has 0 aliphatic carbocycles. The topological polar surface area (TPSA) is 62.0 Å². The Morgan fingerprint density at radius 3 is 2.60 bits per heavy atom. The van der Waals surface area contributed by atoms with Crippen LogP contribution >= 0.6 is 11.6 Å². The summed E-state index contributed by atoms with van der Waals surface area (Å²) in [6.45, 7) is 3.31. The van der Waals surface area contributed by atoms with Crippen LogP contribution in [-0.2, 0) is 0 Å². The highest BCUT2D eigenvalue weighted by atomic mass is 35.5. The van der Waals surface area contributed by atoms with Gasteiger partial charge in [0.2, 0.25) is 0 Å². The van der Waals surface area contributed by atoms with Gasteiger partial charge in [-0.15, -0.1) is 0 Å². The number of nitrogens with one attached hydrogen (secondary N) is 2. The van der Waals surface area contributed by atoms with Crippen LogP contribution in [-0.4, -0.2) is 16.7 Å². The molecular formula is C15H15ClN2O2. The summed E-state index contributed by atoms with van der Waals surface area (Å²) >= 11 is 6.09. The van der Waals surface area contributed by atoms with Gasteiger partial charge in [-0.25, -0.2) is 0 Å². The number of hydrogen-bond donors (Lipinski definition) is 2. The van der Waals surface area contributed by atoms with Crippen LogP contribution in [0.4, 0.5) is 0 Å². The second kappa shape index (κ2) is 5.92. The normalized spacial score (nSPS) is 11.9. The van der Waals surface area contributed by atoms with Crippen LogP contribution in [0, 0.1) is 0 Å². The van der Waals surface area contributed by atoms with Crippen LogP contribution in [0.15, 0.2) is 36.5 Å². The van der Waals surface area contributed by atoms with Gasteiger partial charge in [0.1, 0.15) is 5.69 Å². The summed E-state index contributed by atoms with van der Waals surface area (Å²) in [5.74, 6) is -0.357. The first-order chi connectivity index (χ1) is 9.49. The summed E-state index contributed by atoms with van der Waals surface area (Å²) in [6, 6.07) is 8.67. The van der Waals surface area contributed by atoms with Gasteiger partial charge in [0.25, 0.3) is 5.91 Å². The maximum absolute atomic E-state index is 12.1. The number of carbonyl (C=O) groups excluding carboxylic acids is 2. The molecule has 104 valence electrons. The Morgan fingerprint density at radius 1 is 1.30 bits per heavy atom. The Balaban J connectivity index is 2.11. The lowest BCUT2D eigenvalue weighted by atomic mass is 10.1. The SMILES string of the molecule is CC(=O)c1c[nH]c(C(=O)N[C@H](C)c2ccccc2Cl)c1. The molecule has 0 unspecified atom stereocenters. The highest BCUT2D eigenvalue weighted by Gasteiger charge is 2.15. The fraction of sp³-hybridized carbons (Fsp3) is 0.200. The monoisotopic (exact) mass is 290 g/mol. The van der Waals surface area contributed by atoms with Crippen molar-refractivity contribution >= 4 is 23.3 Å². The zero-order chi connectivity index (χ0) is 14.7. The molecule has 20 heavy (non-hydrogen) atoms. The molecule has 0 fully saturated rings. The quantitative estimate of drug-likeness (QED) is 0.848. The predicted octanol–water partition coefficient (Wildman–Crippen LogP) is 3.36. The number of aromatic nitrogens is 1. The number of H-pyrrole nitrogens is 1. The summed E-state index contributed by atoms with van der Waals surface area (Å²) < 4.78 is 0. The van der Waals surface area contributed by atoms with E-state index in [1.807, 2.05) is 25.1 Å². The average Bonchev–Trinajstić information content (AvgIpc) is 2.88. The van der Waals surface area contributed by atoms with Gasteiger partial charge < -0.3 is 10.3 Å². The Labute approximate surface area is 122 Å². The maximum atomic E-state index is 12.1. The zero-order valence-electron chi connectivity index (χ0n) is 11.2. The van der Waals surface area contributed by atoms with Gasteiger partial charge in [-0.1, -0.05) is 29.8 Å². The van der Waals surface area contributed by atoms with Crippen molar-refractivity contribution in [1.82, 2.24) is 10.3 Å². The Bertz CT molecular complexity index is 649. The van der Waals surface area contributed by atoms with Crippen LogP contribution in [0.1, 0.15) is 46.3 Å². The summed E-state index contributed by atoms with van der Waals surface area (Å²) in [4.78, 5) is 26.1. The molecule has 4 nitrogen and oxygen atoms in total. The Kier molecular flexibility index (Phi) is 4.25. The van der Waals surface area contributed by atoms with E-state index in [9.17, 15) is 9.59 Å². The molecule has 0 radical (unpaired) electrons. The number of benzene rings is 1. The van der Waals surface area contributed by atoms with Crippen molar-refractivity contribution in [3.8, 4) is 0 Å². The predicted molar refractivity (Wildman–Crippen MR) is 78.1 cm³/mol. The molecule has 0 saturated heterocycles. The number of hydrogen-bond acceptors (Lipinski definition) is 2. The van der Waals surface area contributed by atoms with Crippen molar-refractivity contribution in [2.75, 3.05) is 0 Å². The lowest BCUT2D eigenvalue weighted by Crippen LogP contribution is -2.27. The molecule has 0 saturated carbocycles. The first-order valence-corrected chi connectivity index (χ1v) is 6.61. The Hall–Kier alpha value is -2.07. The highest BCUT2D eigenvalue weighted by Crippen LogP contribution is 2.22. The van der Waals surface area contributed by atoms with Gasteiger partial charge in [-0.2, -0.15) is 0 Å². The standard InChI is InChI=1S/C15H15ClN2O2/c1-9(12-5-3-4-6-13(12)16)18-15(20)14-7-11(8-17-14)10(2)19/h3-9,17H,1-2H3,(H,18,20)/t9-/m1/s1. The van der Waals surface area contributed by atoms with E-state index in [1.165, 1.54) is 19.2 Å². The second-order valence-electron chi connectivity index (χ2n) is 4.57. The van der Waals surface area contributed by atoms with Crippen molar-refractivity contribution in [3.63, 3.8) is 0 Å². The molecule has 0 aliphatic heterocycles. The molecule has 1 aromatic heterocycles. The average molecular weight is 291 g/mol. The van der Waals surface area contributed by atoms with E-state index in [4.69, 9.17) is 11.6 Å². The molecule has 1 amide bonds. The number of amides is 1. The van der Waals surface area contributed by atoms with Crippen molar-refractivity contribution < 1.29 is 9.59 Å². The van der Waals surface area contributed by atoms with Crippen molar-refractivity contribution in [3.05, 3.63) is 58.4 Å². The molecule has 1 heterocycles. The van der Waals surface area contributed by atoms with E-state index in [0.29, 0.717) is 16.3 Å². The number of rotatable bonds is 4. The Morgan fingerprint density at radius 2 is 2.00 bits per heavy atom. The summed E-state index contributed by atoms with van der Waals surface area (Å²) in [5, 5.41) is 3.45. The van der Waals surface area contributed by atoms with E-state index in [2.05, 4.69) is 10.3 Å². The van der Waals surface area contributed by atoms with Crippen LogP contribution in [0.2, 0.25) is 5.02 Å². The molecule has 0 spiro atoms. The van der Waals surface area contributed by atoms with Gasteiger partial charge >= 0.3 is 0 Å². The molecule has 2 N–H and O–H groups in total. The van der Waals surface area contributed by atoms with Crippen molar-refractivity contribution in [2.24, 2.45) is 0 Å². The van der Waals surface area contributed by atoms with E-state index < -0.39 is 0 Å². The van der Waals surface area contributed by atoms with Crippen LogP contribution in [0.25, 0.3) is 0 Å². The molecule has 0 aliphatic rings. The minimum Gasteiger partial charge on any atom is -0.356 e. The first-order valence-electron chi connectivity index (χ1n) is 6.23. The summed E-state index contributed by atoms with van der Waals surface area (Å²) in [6.07, 6.45) is 1.53. The number of ketones is 1. The minimum atomic E-state index is -0.273. The largest absolute Gasteiger partial charge is 0.356 e. The van der Waals surface area contributed by atoms with Crippen LogP contribution < -0.4 is 5.32 Å².